The van der Waals surface area contributed by atoms with Crippen LogP contribution in [-0.4, -0.2) is 45.4 Å². The van der Waals surface area contributed by atoms with Gasteiger partial charge >= 0.3 is 0 Å². The number of thiazole rings is 1. The summed E-state index contributed by atoms with van der Waals surface area (Å²) in [6, 6.07) is 1.80. The van der Waals surface area contributed by atoms with E-state index in [4.69, 9.17) is 0 Å². The van der Waals surface area contributed by atoms with Crippen molar-refractivity contribution in [2.45, 2.75) is 25.8 Å². The van der Waals surface area contributed by atoms with Crippen molar-refractivity contribution in [1.29, 1.82) is 0 Å². The first kappa shape index (κ1) is 15.1. The van der Waals surface area contributed by atoms with E-state index in [9.17, 15) is 4.79 Å². The van der Waals surface area contributed by atoms with E-state index in [1.54, 1.807) is 29.8 Å². The topological polar surface area (TPSA) is 71.0 Å². The van der Waals surface area contributed by atoms with Crippen LogP contribution in [0.2, 0.25) is 0 Å². The molecule has 0 radical (unpaired) electrons. The van der Waals surface area contributed by atoms with Crippen LogP contribution >= 0.6 is 11.3 Å². The van der Waals surface area contributed by atoms with Crippen molar-refractivity contribution >= 4 is 17.2 Å². The van der Waals surface area contributed by atoms with Crippen LogP contribution in [0.25, 0.3) is 10.8 Å². The van der Waals surface area contributed by atoms with Crippen molar-refractivity contribution in [3.8, 4) is 10.8 Å². The summed E-state index contributed by atoms with van der Waals surface area (Å²) in [4.78, 5) is 26.4. The summed E-state index contributed by atoms with van der Waals surface area (Å²) in [7, 11) is 0. The molecule has 0 aromatic carbocycles. The van der Waals surface area contributed by atoms with Gasteiger partial charge in [-0.1, -0.05) is 0 Å². The molecule has 1 N–H and O–H groups in total. The lowest BCUT2D eigenvalue weighted by Crippen LogP contribution is -2.28. The number of carbonyl (C=O) groups excluding carboxylic acids is 1. The van der Waals surface area contributed by atoms with Gasteiger partial charge in [-0.3, -0.25) is 4.79 Å². The molecule has 7 heteroatoms. The zero-order chi connectivity index (χ0) is 15.2. The number of nitrogens with one attached hydrogen (secondary N) is 1. The van der Waals surface area contributed by atoms with Gasteiger partial charge in [-0.25, -0.2) is 15.0 Å². The summed E-state index contributed by atoms with van der Waals surface area (Å²) >= 11 is 1.56. The lowest BCUT2D eigenvalue weighted by atomic mass is 10.3. The Kier molecular flexibility index (Phi) is 5.07. The van der Waals surface area contributed by atoms with E-state index in [2.05, 4.69) is 20.3 Å². The molecule has 1 aliphatic rings. The molecular formula is C15H19N5OS. The van der Waals surface area contributed by atoms with Gasteiger partial charge in [0.2, 0.25) is 5.91 Å². The summed E-state index contributed by atoms with van der Waals surface area (Å²) in [5, 5.41) is 6.25. The Morgan fingerprint density at radius 2 is 2.18 bits per heavy atom. The Morgan fingerprint density at radius 1 is 1.32 bits per heavy atom. The van der Waals surface area contributed by atoms with Crippen molar-refractivity contribution in [2.24, 2.45) is 0 Å². The molecule has 1 saturated heterocycles. The molecule has 0 atom stereocenters. The molecule has 2 aromatic heterocycles. The Hall–Kier alpha value is -1.86. The van der Waals surface area contributed by atoms with Crippen LogP contribution in [0.15, 0.2) is 23.8 Å². The quantitative estimate of drug-likeness (QED) is 0.787. The van der Waals surface area contributed by atoms with Crippen molar-refractivity contribution in [3.63, 3.8) is 0 Å². The second kappa shape index (κ2) is 7.42. The maximum Gasteiger partial charge on any atom is 0.222 e. The first-order valence-corrected chi connectivity index (χ1v) is 8.41. The zero-order valence-corrected chi connectivity index (χ0v) is 13.2. The van der Waals surface area contributed by atoms with Crippen LogP contribution in [0.1, 0.15) is 25.0 Å². The average Bonchev–Trinajstić information content (AvgIpc) is 3.17. The molecule has 116 valence electrons. The van der Waals surface area contributed by atoms with E-state index in [-0.39, 0.29) is 0 Å². The molecule has 1 aliphatic heterocycles. The highest BCUT2D eigenvalue weighted by molar-refractivity contribution is 7.13. The predicted molar refractivity (Wildman–Crippen MR) is 85.3 cm³/mol. The van der Waals surface area contributed by atoms with E-state index in [0.29, 0.717) is 11.7 Å². The minimum absolute atomic E-state index is 0.298. The van der Waals surface area contributed by atoms with Crippen LogP contribution in [-0.2, 0) is 11.3 Å². The minimum atomic E-state index is 0.298. The molecule has 22 heavy (non-hydrogen) atoms. The predicted octanol–water partition coefficient (Wildman–Crippen LogP) is 1.70. The van der Waals surface area contributed by atoms with Crippen molar-refractivity contribution in [3.05, 3.63) is 29.5 Å². The first-order valence-electron chi connectivity index (χ1n) is 7.53. The Labute approximate surface area is 133 Å². The third-order valence-corrected chi connectivity index (χ3v) is 4.45. The number of nitrogens with zero attached hydrogens (tertiary/aromatic N) is 4. The second-order valence-corrected chi connectivity index (χ2v) is 6.09. The molecule has 2 aromatic rings. The lowest BCUT2D eigenvalue weighted by Gasteiger charge is -2.15. The third-order valence-electron chi connectivity index (χ3n) is 3.57. The van der Waals surface area contributed by atoms with Crippen molar-refractivity contribution in [2.75, 3.05) is 19.6 Å². The summed E-state index contributed by atoms with van der Waals surface area (Å²) in [5.41, 5.74) is 1.00. The Bertz CT molecular complexity index is 615. The van der Waals surface area contributed by atoms with E-state index >= 15 is 0 Å². The van der Waals surface area contributed by atoms with Crippen LogP contribution < -0.4 is 5.32 Å². The highest BCUT2D eigenvalue weighted by Crippen LogP contribution is 2.19. The molecule has 3 rings (SSSR count). The second-order valence-electron chi connectivity index (χ2n) is 5.23. The summed E-state index contributed by atoms with van der Waals surface area (Å²) in [5.74, 6) is 0.971. The van der Waals surface area contributed by atoms with Gasteiger partial charge in [-0.15, -0.1) is 11.3 Å². The maximum atomic E-state index is 11.5. The lowest BCUT2D eigenvalue weighted by molar-refractivity contribution is -0.127. The average molecular weight is 317 g/mol. The molecular weight excluding hydrogens is 298 g/mol. The minimum Gasteiger partial charge on any atom is -0.343 e. The van der Waals surface area contributed by atoms with Crippen LogP contribution in [0.4, 0.5) is 0 Å². The van der Waals surface area contributed by atoms with Gasteiger partial charge < -0.3 is 10.2 Å². The van der Waals surface area contributed by atoms with Gasteiger partial charge in [-0.05, 0) is 25.5 Å². The largest absolute Gasteiger partial charge is 0.343 e. The number of carbonyl (C=O) groups is 1. The SMILES string of the molecule is O=C1CCCN1CCCNCc1csc(-c2ncccn2)n1. The zero-order valence-electron chi connectivity index (χ0n) is 12.4. The van der Waals surface area contributed by atoms with E-state index in [1.807, 2.05) is 10.3 Å². The van der Waals surface area contributed by atoms with Gasteiger partial charge in [0.15, 0.2) is 10.8 Å². The van der Waals surface area contributed by atoms with Gasteiger partial charge in [0, 0.05) is 43.8 Å². The van der Waals surface area contributed by atoms with Gasteiger partial charge in [-0.2, -0.15) is 0 Å². The van der Waals surface area contributed by atoms with Crippen molar-refractivity contribution in [1.82, 2.24) is 25.2 Å². The summed E-state index contributed by atoms with van der Waals surface area (Å²) in [6.07, 6.45) is 6.15. The highest BCUT2D eigenvalue weighted by atomic mass is 32.1. The fourth-order valence-corrected chi connectivity index (χ4v) is 3.22. The van der Waals surface area contributed by atoms with Crippen LogP contribution in [0.3, 0.4) is 0 Å². The molecule has 0 unspecified atom stereocenters. The van der Waals surface area contributed by atoms with Crippen molar-refractivity contribution < 1.29 is 4.79 Å². The number of rotatable bonds is 7. The number of hydrogen-bond acceptors (Lipinski definition) is 6. The normalized spacial score (nSPS) is 14.7. The van der Waals surface area contributed by atoms with Gasteiger partial charge in [0.05, 0.1) is 5.69 Å². The number of amides is 1. The number of aromatic nitrogens is 3. The molecule has 3 heterocycles. The maximum absolute atomic E-state index is 11.5. The number of likely N-dealkylation sites (tertiary alicyclic amines) is 1. The standard InChI is InChI=1S/C15H19N5OS/c21-13-4-1-8-20(13)9-3-5-16-10-12-11-22-15(19-12)14-17-6-2-7-18-14/h2,6-7,11,16H,1,3-5,8-10H2. The molecule has 0 spiro atoms. The molecule has 1 fully saturated rings. The molecule has 0 aliphatic carbocycles. The third kappa shape index (κ3) is 3.86. The molecule has 6 nitrogen and oxygen atoms in total. The summed E-state index contributed by atoms with van der Waals surface area (Å²) in [6.45, 7) is 3.40. The summed E-state index contributed by atoms with van der Waals surface area (Å²) < 4.78 is 0. The number of hydrogen-bond donors (Lipinski definition) is 1. The van der Waals surface area contributed by atoms with E-state index in [0.717, 1.165) is 56.1 Å². The van der Waals surface area contributed by atoms with Gasteiger partial charge in [0.25, 0.3) is 0 Å². The van der Waals surface area contributed by atoms with Crippen LogP contribution in [0.5, 0.6) is 0 Å². The molecule has 0 saturated carbocycles. The fourth-order valence-electron chi connectivity index (χ4n) is 2.45. The Balaban J connectivity index is 1.39. The van der Waals surface area contributed by atoms with E-state index < -0.39 is 0 Å². The van der Waals surface area contributed by atoms with Gasteiger partial charge in [0.1, 0.15) is 0 Å². The van der Waals surface area contributed by atoms with E-state index in [1.165, 1.54) is 0 Å². The molecule has 0 bridgehead atoms. The first-order chi connectivity index (χ1) is 10.8. The Morgan fingerprint density at radius 3 is 2.95 bits per heavy atom. The monoisotopic (exact) mass is 317 g/mol. The highest BCUT2D eigenvalue weighted by Gasteiger charge is 2.18. The molecule has 1 amide bonds. The van der Waals surface area contributed by atoms with Crippen LogP contribution in [0, 0.1) is 0 Å². The fraction of sp³-hybridized carbons (Fsp3) is 0.467. The smallest absolute Gasteiger partial charge is 0.222 e.